The summed E-state index contributed by atoms with van der Waals surface area (Å²) in [7, 11) is 3.38. The number of benzene rings is 1. The zero-order chi connectivity index (χ0) is 28.2. The number of aromatic nitrogens is 6. The monoisotopic (exact) mass is 575 g/mol. The molecule has 1 aliphatic heterocycles. The standard InChI is InChI=1S/C25H22ClF4N9O/c1-31-22-20-18(9-34-39(20)6-5-32-22)40-17-8-33-23-21(19(17)26)37(2)24(36-23)35-15-4-3-13(10-38-11-14(27)12-38)16(7-15)25(28,29)30/h3-9,14H,10-12H2,1-2H3,(H,31,32)(H,33,35,36). The lowest BCUT2D eigenvalue weighted by atomic mass is 10.0. The molecule has 5 aromatic rings. The van der Waals surface area contributed by atoms with Crippen molar-refractivity contribution >= 4 is 45.7 Å². The van der Waals surface area contributed by atoms with Crippen molar-refractivity contribution in [3.05, 3.63) is 59.1 Å². The summed E-state index contributed by atoms with van der Waals surface area (Å²) in [5, 5.41) is 10.4. The van der Waals surface area contributed by atoms with Crippen LogP contribution in [0, 0.1) is 0 Å². The Morgan fingerprint density at radius 1 is 1.12 bits per heavy atom. The fraction of sp³-hybridized carbons (Fsp3) is 0.280. The molecular weight excluding hydrogens is 554 g/mol. The van der Waals surface area contributed by atoms with Gasteiger partial charge < -0.3 is 19.9 Å². The van der Waals surface area contributed by atoms with Crippen LogP contribution in [0.2, 0.25) is 5.02 Å². The van der Waals surface area contributed by atoms with Crippen LogP contribution in [-0.4, -0.2) is 60.3 Å². The highest BCUT2D eigenvalue weighted by molar-refractivity contribution is 6.36. The topological polar surface area (TPSA) is 97.4 Å². The van der Waals surface area contributed by atoms with Gasteiger partial charge in [-0.2, -0.15) is 23.3 Å². The summed E-state index contributed by atoms with van der Waals surface area (Å²) in [6, 6.07) is 3.93. The van der Waals surface area contributed by atoms with Crippen LogP contribution >= 0.6 is 11.6 Å². The number of rotatable bonds is 7. The molecule has 1 aliphatic rings. The van der Waals surface area contributed by atoms with E-state index in [4.69, 9.17) is 16.3 Å². The van der Waals surface area contributed by atoms with Crippen molar-refractivity contribution in [2.75, 3.05) is 30.8 Å². The van der Waals surface area contributed by atoms with Crippen molar-refractivity contribution in [2.24, 2.45) is 7.05 Å². The van der Waals surface area contributed by atoms with Crippen molar-refractivity contribution in [2.45, 2.75) is 18.9 Å². The number of anilines is 3. The SMILES string of the molecule is CNc1nccn2ncc(Oc3cnc4nc(Nc5ccc(CN6CC(F)C6)c(C(F)(F)F)c5)n(C)c4c3Cl)c12. The molecule has 4 aromatic heterocycles. The Morgan fingerprint density at radius 3 is 2.65 bits per heavy atom. The van der Waals surface area contributed by atoms with Gasteiger partial charge in [-0.1, -0.05) is 17.7 Å². The lowest BCUT2D eigenvalue weighted by Crippen LogP contribution is -2.47. The van der Waals surface area contributed by atoms with Crippen LogP contribution in [0.1, 0.15) is 11.1 Å². The molecule has 0 bridgehead atoms. The minimum Gasteiger partial charge on any atom is -0.450 e. The molecule has 0 amide bonds. The van der Waals surface area contributed by atoms with E-state index < -0.39 is 17.9 Å². The van der Waals surface area contributed by atoms with Gasteiger partial charge in [0.25, 0.3) is 0 Å². The fourth-order valence-electron chi connectivity index (χ4n) is 4.65. The number of nitrogens with zero attached hydrogens (tertiary/aromatic N) is 7. The van der Waals surface area contributed by atoms with Gasteiger partial charge in [-0.05, 0) is 17.7 Å². The molecule has 208 valence electrons. The van der Waals surface area contributed by atoms with E-state index >= 15 is 0 Å². The molecule has 1 fully saturated rings. The summed E-state index contributed by atoms with van der Waals surface area (Å²) in [6.45, 7) is 0.270. The van der Waals surface area contributed by atoms with Crippen molar-refractivity contribution in [3.63, 3.8) is 0 Å². The van der Waals surface area contributed by atoms with E-state index in [1.807, 2.05) is 0 Å². The molecule has 40 heavy (non-hydrogen) atoms. The van der Waals surface area contributed by atoms with E-state index in [0.717, 1.165) is 6.07 Å². The molecule has 2 N–H and O–H groups in total. The van der Waals surface area contributed by atoms with Gasteiger partial charge in [0.15, 0.2) is 28.5 Å². The van der Waals surface area contributed by atoms with Crippen LogP contribution in [0.3, 0.4) is 0 Å². The number of nitrogens with one attached hydrogen (secondary N) is 2. The summed E-state index contributed by atoms with van der Waals surface area (Å²) < 4.78 is 64.0. The first-order chi connectivity index (χ1) is 19.1. The summed E-state index contributed by atoms with van der Waals surface area (Å²) in [5.74, 6) is 1.40. The van der Waals surface area contributed by atoms with Crippen molar-refractivity contribution in [1.29, 1.82) is 0 Å². The van der Waals surface area contributed by atoms with Gasteiger partial charge in [0.05, 0.1) is 18.0 Å². The molecule has 0 spiro atoms. The third-order valence-corrected chi connectivity index (χ3v) is 7.00. The summed E-state index contributed by atoms with van der Waals surface area (Å²) in [5.41, 5.74) is 0.728. The molecule has 1 saturated heterocycles. The summed E-state index contributed by atoms with van der Waals surface area (Å²) in [6.07, 6.45) is 0.618. The van der Waals surface area contributed by atoms with Gasteiger partial charge in [-0.25, -0.2) is 18.9 Å². The second kappa shape index (κ2) is 9.78. The number of imidazole rings is 1. The highest BCUT2D eigenvalue weighted by Crippen LogP contribution is 2.39. The number of likely N-dealkylation sites (tertiary alicyclic amines) is 1. The molecule has 0 aliphatic carbocycles. The zero-order valence-corrected chi connectivity index (χ0v) is 21.9. The minimum absolute atomic E-state index is 0.0166. The zero-order valence-electron chi connectivity index (χ0n) is 21.2. The molecule has 6 rings (SSSR count). The van der Waals surface area contributed by atoms with Crippen LogP contribution < -0.4 is 15.4 Å². The Balaban J connectivity index is 1.30. The molecule has 1 aromatic carbocycles. The van der Waals surface area contributed by atoms with E-state index in [-0.39, 0.29) is 53.3 Å². The molecule has 5 heterocycles. The van der Waals surface area contributed by atoms with E-state index in [1.54, 1.807) is 40.5 Å². The average molecular weight is 576 g/mol. The number of aryl methyl sites for hydroxylation is 1. The minimum atomic E-state index is -4.59. The number of ether oxygens (including phenoxy) is 1. The lowest BCUT2D eigenvalue weighted by Gasteiger charge is -2.34. The van der Waals surface area contributed by atoms with Crippen LogP contribution in [0.15, 0.2) is 43.0 Å². The highest BCUT2D eigenvalue weighted by Gasteiger charge is 2.35. The van der Waals surface area contributed by atoms with Gasteiger partial charge in [-0.3, -0.25) is 4.90 Å². The normalized spacial score (nSPS) is 14.6. The Bertz CT molecular complexity index is 1730. The number of hydrogen-bond acceptors (Lipinski definition) is 8. The maximum Gasteiger partial charge on any atom is 0.416 e. The quantitative estimate of drug-likeness (QED) is 0.249. The van der Waals surface area contributed by atoms with Gasteiger partial charge in [0.1, 0.15) is 16.7 Å². The average Bonchev–Trinajstić information content (AvgIpc) is 3.45. The molecule has 10 nitrogen and oxygen atoms in total. The van der Waals surface area contributed by atoms with Crippen molar-refractivity contribution in [3.8, 4) is 11.5 Å². The van der Waals surface area contributed by atoms with Crippen LogP contribution in [0.5, 0.6) is 11.5 Å². The maximum absolute atomic E-state index is 13.9. The fourth-order valence-corrected chi connectivity index (χ4v) is 4.95. The van der Waals surface area contributed by atoms with Crippen molar-refractivity contribution < 1.29 is 22.3 Å². The van der Waals surface area contributed by atoms with Gasteiger partial charge in [0.2, 0.25) is 5.95 Å². The number of fused-ring (bicyclic) bond motifs is 2. The third kappa shape index (κ3) is 4.62. The number of halogens is 5. The second-order valence-electron chi connectivity index (χ2n) is 9.32. The predicted molar refractivity (Wildman–Crippen MR) is 141 cm³/mol. The number of alkyl halides is 4. The molecule has 0 unspecified atom stereocenters. The molecular formula is C25H22ClF4N9O. The lowest BCUT2D eigenvalue weighted by molar-refractivity contribution is -0.138. The van der Waals surface area contributed by atoms with Gasteiger partial charge >= 0.3 is 6.18 Å². The van der Waals surface area contributed by atoms with Crippen LogP contribution in [0.4, 0.5) is 35.0 Å². The molecule has 15 heteroatoms. The third-order valence-electron chi connectivity index (χ3n) is 6.64. The second-order valence-corrected chi connectivity index (χ2v) is 9.70. The Morgan fingerprint density at radius 2 is 1.93 bits per heavy atom. The molecule has 0 atom stereocenters. The summed E-state index contributed by atoms with van der Waals surface area (Å²) in [4.78, 5) is 14.6. The van der Waals surface area contributed by atoms with Crippen LogP contribution in [0.25, 0.3) is 16.7 Å². The predicted octanol–water partition coefficient (Wildman–Crippen LogP) is 5.41. The van der Waals surface area contributed by atoms with Gasteiger partial charge in [0, 0.05) is 51.8 Å². The number of hydrogen-bond donors (Lipinski definition) is 2. The van der Waals surface area contributed by atoms with Crippen LogP contribution in [-0.2, 0) is 19.8 Å². The van der Waals surface area contributed by atoms with E-state index in [9.17, 15) is 17.6 Å². The van der Waals surface area contributed by atoms with E-state index in [1.165, 1.54) is 24.5 Å². The maximum atomic E-state index is 13.9. The molecule has 0 saturated carbocycles. The smallest absolute Gasteiger partial charge is 0.416 e. The Hall–Kier alpha value is -4.17. The highest BCUT2D eigenvalue weighted by atomic mass is 35.5. The Labute approximate surface area is 229 Å². The largest absolute Gasteiger partial charge is 0.450 e. The van der Waals surface area contributed by atoms with Gasteiger partial charge in [-0.15, -0.1) is 0 Å². The van der Waals surface area contributed by atoms with Crippen molar-refractivity contribution in [1.82, 2.24) is 34.0 Å². The first kappa shape index (κ1) is 26.1. The summed E-state index contributed by atoms with van der Waals surface area (Å²) >= 11 is 6.70. The number of pyridine rings is 1. The Kier molecular flexibility index (Phi) is 6.38. The first-order valence-electron chi connectivity index (χ1n) is 12.1. The van der Waals surface area contributed by atoms with E-state index in [0.29, 0.717) is 22.6 Å². The molecule has 0 radical (unpaired) electrons. The first-order valence-corrected chi connectivity index (χ1v) is 12.5. The van der Waals surface area contributed by atoms with E-state index in [2.05, 4.69) is 30.7 Å².